The maximum atomic E-state index is 13.0. The molecule has 0 N–H and O–H groups in total. The molecule has 0 aliphatic heterocycles. The minimum Gasteiger partial charge on any atom is -0.493 e. The number of methoxy groups -OCH3 is 2. The first kappa shape index (κ1) is 21.5. The first-order valence-electron chi connectivity index (χ1n) is 9.21. The Balaban J connectivity index is 1.95. The number of Topliss-reactive ketones (excluding diaryl/α,β-unsaturated/α-hetero) is 1. The number of esters is 1. The summed E-state index contributed by atoms with van der Waals surface area (Å²) in [6.07, 6.45) is 1.04. The van der Waals surface area contributed by atoms with Crippen LogP contribution in [0.4, 0.5) is 0 Å². The molecule has 0 spiro atoms. The molecule has 0 aliphatic rings. The molecule has 0 fully saturated rings. The zero-order valence-corrected chi connectivity index (χ0v) is 18.2. The molecule has 3 aromatic rings. The third-order valence-corrected chi connectivity index (χ3v) is 5.64. The highest BCUT2D eigenvalue weighted by Gasteiger charge is 2.22. The van der Waals surface area contributed by atoms with Crippen LogP contribution in [0.3, 0.4) is 0 Å². The standard InChI is InChI=1S/C21H22N2O6S/c1-11(2)29-21(26)18-12(3)17-19(30-18)22-10-23(20(17)25)9-14(24)13-6-7-15(27-4)16(8-13)28-5/h6-8,10-11H,9H2,1-5H3. The van der Waals surface area contributed by atoms with Crippen LogP contribution in [-0.4, -0.2) is 41.6 Å². The summed E-state index contributed by atoms with van der Waals surface area (Å²) in [6, 6.07) is 4.80. The molecule has 3 rings (SSSR count). The van der Waals surface area contributed by atoms with Gasteiger partial charge in [-0.1, -0.05) is 0 Å². The Hall–Kier alpha value is -3.20. The quantitative estimate of drug-likeness (QED) is 0.419. The fourth-order valence-electron chi connectivity index (χ4n) is 2.99. The van der Waals surface area contributed by atoms with Gasteiger partial charge in [0.1, 0.15) is 9.71 Å². The predicted molar refractivity (Wildman–Crippen MR) is 113 cm³/mol. The Labute approximate surface area is 177 Å². The van der Waals surface area contributed by atoms with Crippen molar-refractivity contribution in [2.75, 3.05) is 14.2 Å². The van der Waals surface area contributed by atoms with Gasteiger partial charge < -0.3 is 14.2 Å². The highest BCUT2D eigenvalue weighted by Crippen LogP contribution is 2.29. The van der Waals surface area contributed by atoms with Crippen molar-refractivity contribution < 1.29 is 23.8 Å². The molecule has 0 radical (unpaired) electrons. The van der Waals surface area contributed by atoms with Gasteiger partial charge in [-0.3, -0.25) is 14.2 Å². The first-order valence-corrected chi connectivity index (χ1v) is 10.0. The van der Waals surface area contributed by atoms with E-state index >= 15 is 0 Å². The number of rotatable bonds is 7. The second-order valence-corrected chi connectivity index (χ2v) is 7.86. The monoisotopic (exact) mass is 430 g/mol. The number of nitrogens with zero attached hydrogens (tertiary/aromatic N) is 2. The Kier molecular flexibility index (Phi) is 6.21. The number of carbonyl (C=O) groups excluding carboxylic acids is 2. The lowest BCUT2D eigenvalue weighted by molar-refractivity contribution is 0.0383. The number of ether oxygens (including phenoxy) is 3. The Bertz CT molecular complexity index is 1180. The summed E-state index contributed by atoms with van der Waals surface area (Å²) in [5, 5.41) is 0.318. The van der Waals surface area contributed by atoms with Crippen LogP contribution < -0.4 is 15.0 Å². The number of thiophene rings is 1. The van der Waals surface area contributed by atoms with Gasteiger partial charge in [0.2, 0.25) is 0 Å². The average molecular weight is 430 g/mol. The van der Waals surface area contributed by atoms with Gasteiger partial charge in [0.15, 0.2) is 17.3 Å². The van der Waals surface area contributed by atoms with Crippen molar-refractivity contribution in [2.45, 2.75) is 33.4 Å². The van der Waals surface area contributed by atoms with Crippen LogP contribution in [0.1, 0.15) is 39.4 Å². The van der Waals surface area contributed by atoms with Gasteiger partial charge in [-0.05, 0) is 44.5 Å². The summed E-state index contributed by atoms with van der Waals surface area (Å²) in [5.74, 6) is 0.152. The lowest BCUT2D eigenvalue weighted by atomic mass is 10.1. The summed E-state index contributed by atoms with van der Waals surface area (Å²) >= 11 is 1.11. The van der Waals surface area contributed by atoms with Gasteiger partial charge in [0, 0.05) is 5.56 Å². The summed E-state index contributed by atoms with van der Waals surface area (Å²) in [5.41, 5.74) is 0.500. The maximum Gasteiger partial charge on any atom is 0.348 e. The minimum absolute atomic E-state index is 0.196. The summed E-state index contributed by atoms with van der Waals surface area (Å²) in [7, 11) is 2.99. The molecule has 0 unspecified atom stereocenters. The molecule has 0 atom stereocenters. The Morgan fingerprint density at radius 2 is 1.87 bits per heavy atom. The predicted octanol–water partition coefficient (Wildman–Crippen LogP) is 3.23. The van der Waals surface area contributed by atoms with Crippen LogP contribution >= 0.6 is 11.3 Å². The SMILES string of the molecule is COc1ccc(C(=O)Cn2cnc3sc(C(=O)OC(C)C)c(C)c3c2=O)cc1OC. The second kappa shape index (κ2) is 8.66. The molecule has 2 aromatic heterocycles. The molecule has 0 saturated heterocycles. The number of hydrogen-bond acceptors (Lipinski definition) is 8. The normalized spacial score (nSPS) is 11.0. The van der Waals surface area contributed by atoms with Crippen molar-refractivity contribution in [3.8, 4) is 11.5 Å². The van der Waals surface area contributed by atoms with Crippen molar-refractivity contribution in [2.24, 2.45) is 0 Å². The molecular formula is C21H22N2O6S. The zero-order chi connectivity index (χ0) is 22.0. The van der Waals surface area contributed by atoms with E-state index in [2.05, 4.69) is 4.98 Å². The van der Waals surface area contributed by atoms with E-state index in [1.54, 1.807) is 39.0 Å². The third-order valence-electron chi connectivity index (χ3n) is 4.46. The highest BCUT2D eigenvalue weighted by molar-refractivity contribution is 7.20. The molecule has 0 aliphatic carbocycles. The van der Waals surface area contributed by atoms with E-state index in [0.29, 0.717) is 37.7 Å². The number of fused-ring (bicyclic) bond motifs is 1. The maximum absolute atomic E-state index is 13.0. The van der Waals surface area contributed by atoms with Crippen molar-refractivity contribution in [3.63, 3.8) is 0 Å². The smallest absolute Gasteiger partial charge is 0.348 e. The van der Waals surface area contributed by atoms with Gasteiger partial charge in [-0.15, -0.1) is 11.3 Å². The van der Waals surface area contributed by atoms with E-state index in [0.717, 1.165) is 11.3 Å². The van der Waals surface area contributed by atoms with Crippen LogP contribution in [0.15, 0.2) is 29.3 Å². The molecule has 8 nitrogen and oxygen atoms in total. The number of benzene rings is 1. The fraction of sp³-hybridized carbons (Fsp3) is 0.333. The topological polar surface area (TPSA) is 96.7 Å². The first-order chi connectivity index (χ1) is 14.3. The number of aromatic nitrogens is 2. The van der Waals surface area contributed by atoms with Crippen molar-refractivity contribution in [1.29, 1.82) is 0 Å². The molecule has 0 saturated carbocycles. The minimum atomic E-state index is -0.488. The molecular weight excluding hydrogens is 408 g/mol. The number of aryl methyl sites for hydroxylation is 1. The van der Waals surface area contributed by atoms with Gasteiger partial charge in [-0.2, -0.15) is 0 Å². The third kappa shape index (κ3) is 4.06. The molecule has 0 amide bonds. The molecule has 158 valence electrons. The average Bonchev–Trinajstić information content (AvgIpc) is 3.06. The van der Waals surface area contributed by atoms with Crippen molar-refractivity contribution in [1.82, 2.24) is 9.55 Å². The summed E-state index contributed by atoms with van der Waals surface area (Å²) < 4.78 is 16.9. The number of hydrogen-bond donors (Lipinski definition) is 0. The van der Waals surface area contributed by atoms with Gasteiger partial charge >= 0.3 is 5.97 Å². The molecule has 30 heavy (non-hydrogen) atoms. The second-order valence-electron chi connectivity index (χ2n) is 6.86. The number of carbonyl (C=O) groups is 2. The molecule has 9 heteroatoms. The Morgan fingerprint density at radius 1 is 1.17 bits per heavy atom. The lowest BCUT2D eigenvalue weighted by Crippen LogP contribution is -2.24. The van der Waals surface area contributed by atoms with E-state index in [1.165, 1.54) is 25.1 Å². The zero-order valence-electron chi connectivity index (χ0n) is 17.3. The molecule has 0 bridgehead atoms. The van der Waals surface area contributed by atoms with Crippen LogP contribution in [0, 0.1) is 6.92 Å². The van der Waals surface area contributed by atoms with Crippen LogP contribution in [-0.2, 0) is 11.3 Å². The van der Waals surface area contributed by atoms with E-state index in [4.69, 9.17) is 14.2 Å². The van der Waals surface area contributed by atoms with Crippen LogP contribution in [0.25, 0.3) is 10.2 Å². The van der Waals surface area contributed by atoms with Crippen LogP contribution in [0.2, 0.25) is 0 Å². The van der Waals surface area contributed by atoms with Gasteiger partial charge in [-0.25, -0.2) is 9.78 Å². The highest BCUT2D eigenvalue weighted by atomic mass is 32.1. The fourth-order valence-corrected chi connectivity index (χ4v) is 4.01. The van der Waals surface area contributed by atoms with E-state index in [1.807, 2.05) is 0 Å². The lowest BCUT2D eigenvalue weighted by Gasteiger charge is -2.10. The van der Waals surface area contributed by atoms with E-state index in [-0.39, 0.29) is 24.0 Å². The van der Waals surface area contributed by atoms with E-state index in [9.17, 15) is 14.4 Å². The van der Waals surface area contributed by atoms with Gasteiger partial charge in [0.25, 0.3) is 5.56 Å². The van der Waals surface area contributed by atoms with Crippen molar-refractivity contribution in [3.05, 3.63) is 50.9 Å². The van der Waals surface area contributed by atoms with E-state index < -0.39 is 5.97 Å². The summed E-state index contributed by atoms with van der Waals surface area (Å²) in [4.78, 5) is 43.0. The Morgan fingerprint density at radius 3 is 2.50 bits per heavy atom. The largest absolute Gasteiger partial charge is 0.493 e. The van der Waals surface area contributed by atoms with Crippen LogP contribution in [0.5, 0.6) is 11.5 Å². The number of ketones is 1. The molecule has 2 heterocycles. The molecule has 1 aromatic carbocycles. The van der Waals surface area contributed by atoms with Crippen molar-refractivity contribution >= 4 is 33.3 Å². The summed E-state index contributed by atoms with van der Waals surface area (Å²) in [6.45, 7) is 4.99. The van der Waals surface area contributed by atoms with Gasteiger partial charge in [0.05, 0.1) is 38.6 Å².